The lowest BCUT2D eigenvalue weighted by atomic mass is 10.2. The molecule has 0 bridgehead atoms. The molecule has 3 N–H and O–H groups in total. The van der Waals surface area contributed by atoms with Crippen molar-refractivity contribution in [1.82, 2.24) is 20.2 Å². The molecule has 1 fully saturated rings. The minimum absolute atomic E-state index is 0.000569. The molecular weight excluding hydrogens is 410 g/mol. The fourth-order valence-electron chi connectivity index (χ4n) is 3.30. The second-order valence-electron chi connectivity index (χ2n) is 7.48. The van der Waals surface area contributed by atoms with E-state index in [1.165, 1.54) is 0 Å². The summed E-state index contributed by atoms with van der Waals surface area (Å²) < 4.78 is 0. The van der Waals surface area contributed by atoms with Crippen molar-refractivity contribution in [3.05, 3.63) is 42.2 Å². The lowest BCUT2D eigenvalue weighted by Gasteiger charge is -2.34. The molecule has 4 amide bonds. The van der Waals surface area contributed by atoms with Gasteiger partial charge in [-0.05, 0) is 30.7 Å². The van der Waals surface area contributed by atoms with Crippen molar-refractivity contribution in [2.45, 2.75) is 26.7 Å². The number of anilines is 3. The van der Waals surface area contributed by atoms with Crippen molar-refractivity contribution < 1.29 is 14.4 Å². The largest absolute Gasteiger partial charge is 0.339 e. The Hall–Kier alpha value is -3.69. The number of aryl methyl sites for hydroxylation is 1. The summed E-state index contributed by atoms with van der Waals surface area (Å²) in [5, 5.41) is 8.26. The Morgan fingerprint density at radius 3 is 2.44 bits per heavy atom. The third-order valence-electron chi connectivity index (χ3n) is 5.18. The van der Waals surface area contributed by atoms with Crippen LogP contribution in [0, 0.1) is 6.92 Å². The monoisotopic (exact) mass is 439 g/mol. The first kappa shape index (κ1) is 23.0. The molecule has 1 aliphatic rings. The van der Waals surface area contributed by atoms with Gasteiger partial charge in [-0.2, -0.15) is 0 Å². The highest BCUT2D eigenvalue weighted by atomic mass is 16.2. The van der Waals surface area contributed by atoms with Gasteiger partial charge in [-0.1, -0.05) is 13.0 Å². The Kier molecular flexibility index (Phi) is 7.96. The number of hydrogen-bond acceptors (Lipinski definition) is 6. The number of carbonyl (C=O) groups is 3. The zero-order valence-electron chi connectivity index (χ0n) is 18.4. The Labute approximate surface area is 187 Å². The lowest BCUT2D eigenvalue weighted by Crippen LogP contribution is -2.49. The van der Waals surface area contributed by atoms with Gasteiger partial charge in [-0.25, -0.2) is 14.8 Å². The number of aromatic nitrogens is 2. The quantitative estimate of drug-likeness (QED) is 0.607. The molecule has 10 heteroatoms. The minimum atomic E-state index is -0.397. The van der Waals surface area contributed by atoms with Crippen molar-refractivity contribution >= 4 is 35.2 Å². The van der Waals surface area contributed by atoms with Crippen molar-refractivity contribution in [2.75, 3.05) is 48.3 Å². The third kappa shape index (κ3) is 6.40. The maximum Gasteiger partial charge on any atom is 0.319 e. The Morgan fingerprint density at radius 1 is 1.03 bits per heavy atom. The van der Waals surface area contributed by atoms with Crippen LogP contribution in [-0.2, 0) is 9.59 Å². The lowest BCUT2D eigenvalue weighted by molar-refractivity contribution is -0.131. The molecule has 0 radical (unpaired) electrons. The number of carbonyl (C=O) groups excluding carboxylic acids is 3. The van der Waals surface area contributed by atoms with Gasteiger partial charge in [0, 0.05) is 69.3 Å². The SMILES string of the molecule is CCC(=O)Nc1ccc(C)c(NC(=O)NCCC(=O)N2CCN(c3ncccn3)CC2)c1. The predicted octanol–water partition coefficient (Wildman–Crippen LogP) is 1.99. The Balaban J connectivity index is 1.41. The van der Waals surface area contributed by atoms with Gasteiger partial charge in [0.2, 0.25) is 17.8 Å². The molecule has 1 aliphatic heterocycles. The van der Waals surface area contributed by atoms with Crippen molar-refractivity contribution in [2.24, 2.45) is 0 Å². The molecular formula is C22H29N7O3. The molecule has 32 heavy (non-hydrogen) atoms. The highest BCUT2D eigenvalue weighted by molar-refractivity contribution is 5.94. The van der Waals surface area contributed by atoms with E-state index in [1.54, 1.807) is 42.4 Å². The van der Waals surface area contributed by atoms with E-state index >= 15 is 0 Å². The van der Waals surface area contributed by atoms with Crippen molar-refractivity contribution in [3.8, 4) is 0 Å². The first-order valence-corrected chi connectivity index (χ1v) is 10.7. The van der Waals surface area contributed by atoms with Gasteiger partial charge in [-0.15, -0.1) is 0 Å². The molecule has 3 rings (SSSR count). The molecule has 0 atom stereocenters. The standard InChI is InChI=1S/C22H29N7O3/c1-3-19(30)26-17-6-5-16(2)18(15-17)27-22(32)25-10-7-20(31)28-11-13-29(14-12-28)21-23-8-4-9-24-21/h4-6,8-9,15H,3,7,10-14H2,1-2H3,(H,26,30)(H2,25,27,32). The number of nitrogens with one attached hydrogen (secondary N) is 3. The van der Waals surface area contributed by atoms with Gasteiger partial charge < -0.3 is 25.8 Å². The maximum absolute atomic E-state index is 12.5. The van der Waals surface area contributed by atoms with E-state index in [-0.39, 0.29) is 24.8 Å². The molecule has 1 aromatic carbocycles. The predicted molar refractivity (Wildman–Crippen MR) is 123 cm³/mol. The van der Waals surface area contributed by atoms with E-state index < -0.39 is 6.03 Å². The highest BCUT2D eigenvalue weighted by Gasteiger charge is 2.22. The number of urea groups is 1. The topological polar surface area (TPSA) is 120 Å². The van der Waals surface area contributed by atoms with Gasteiger partial charge in [0.05, 0.1) is 0 Å². The third-order valence-corrected chi connectivity index (χ3v) is 5.18. The van der Waals surface area contributed by atoms with Gasteiger partial charge in [-0.3, -0.25) is 9.59 Å². The summed E-state index contributed by atoms with van der Waals surface area (Å²) in [6.07, 6.45) is 4.01. The number of nitrogens with zero attached hydrogens (tertiary/aromatic N) is 4. The number of benzene rings is 1. The normalized spacial score (nSPS) is 13.4. The van der Waals surface area contributed by atoms with Crippen molar-refractivity contribution in [3.63, 3.8) is 0 Å². The molecule has 1 saturated heterocycles. The van der Waals surface area contributed by atoms with E-state index in [1.807, 2.05) is 13.0 Å². The van der Waals surface area contributed by atoms with Crippen LogP contribution in [-0.4, -0.2) is 65.4 Å². The van der Waals surface area contributed by atoms with Crippen molar-refractivity contribution in [1.29, 1.82) is 0 Å². The van der Waals surface area contributed by atoms with E-state index in [4.69, 9.17) is 0 Å². The molecule has 1 aromatic heterocycles. The van der Waals surface area contributed by atoms with E-state index in [9.17, 15) is 14.4 Å². The summed E-state index contributed by atoms with van der Waals surface area (Å²) in [6.45, 7) is 6.41. The Bertz CT molecular complexity index is 944. The summed E-state index contributed by atoms with van der Waals surface area (Å²) >= 11 is 0. The minimum Gasteiger partial charge on any atom is -0.339 e. The average Bonchev–Trinajstić information content (AvgIpc) is 2.81. The van der Waals surface area contributed by atoms with E-state index in [0.717, 1.165) is 5.56 Å². The summed E-state index contributed by atoms with van der Waals surface area (Å²) in [5.74, 6) is 0.575. The summed E-state index contributed by atoms with van der Waals surface area (Å²) in [5.41, 5.74) is 2.08. The zero-order valence-corrected chi connectivity index (χ0v) is 18.4. The number of piperazine rings is 1. The molecule has 0 aliphatic carbocycles. The molecule has 170 valence electrons. The molecule has 0 saturated carbocycles. The fourth-order valence-corrected chi connectivity index (χ4v) is 3.30. The first-order chi connectivity index (χ1) is 15.5. The van der Waals surface area contributed by atoms with Crippen LogP contribution < -0.4 is 20.9 Å². The number of hydrogen-bond donors (Lipinski definition) is 3. The van der Waals surface area contributed by atoms with E-state index in [2.05, 4.69) is 30.8 Å². The zero-order chi connectivity index (χ0) is 22.9. The summed E-state index contributed by atoms with van der Waals surface area (Å²) in [7, 11) is 0. The maximum atomic E-state index is 12.5. The molecule has 0 spiro atoms. The summed E-state index contributed by atoms with van der Waals surface area (Å²) in [6, 6.07) is 6.70. The van der Waals surface area contributed by atoms with Crippen LogP contribution in [0.4, 0.5) is 22.1 Å². The van der Waals surface area contributed by atoms with E-state index in [0.29, 0.717) is 49.9 Å². The molecule has 10 nitrogen and oxygen atoms in total. The first-order valence-electron chi connectivity index (χ1n) is 10.7. The van der Waals surface area contributed by atoms with Gasteiger partial charge >= 0.3 is 6.03 Å². The second-order valence-corrected chi connectivity index (χ2v) is 7.48. The highest BCUT2D eigenvalue weighted by Crippen LogP contribution is 2.20. The molecule has 2 aromatic rings. The molecule has 0 unspecified atom stereocenters. The number of amides is 4. The van der Waals surface area contributed by atoms with Crippen LogP contribution in [0.15, 0.2) is 36.7 Å². The van der Waals surface area contributed by atoms with Gasteiger partial charge in [0.15, 0.2) is 0 Å². The van der Waals surface area contributed by atoms with Crippen LogP contribution in [0.25, 0.3) is 0 Å². The van der Waals surface area contributed by atoms with Gasteiger partial charge in [0.25, 0.3) is 0 Å². The smallest absolute Gasteiger partial charge is 0.319 e. The Morgan fingerprint density at radius 2 is 1.75 bits per heavy atom. The van der Waals surface area contributed by atoms with Gasteiger partial charge in [0.1, 0.15) is 0 Å². The van der Waals surface area contributed by atoms with Crippen LogP contribution >= 0.6 is 0 Å². The van der Waals surface area contributed by atoms with Crippen LogP contribution in [0.5, 0.6) is 0 Å². The second kappa shape index (κ2) is 11.1. The fraction of sp³-hybridized carbons (Fsp3) is 0.409. The van der Waals surface area contributed by atoms with Crippen LogP contribution in [0.1, 0.15) is 25.3 Å². The number of rotatable bonds is 7. The molecule has 2 heterocycles. The van der Waals surface area contributed by atoms with Crippen LogP contribution in [0.2, 0.25) is 0 Å². The van der Waals surface area contributed by atoms with Crippen LogP contribution in [0.3, 0.4) is 0 Å². The summed E-state index contributed by atoms with van der Waals surface area (Å²) in [4.78, 5) is 48.6. The average molecular weight is 440 g/mol.